The molecule has 0 aliphatic rings. The zero-order valence-electron chi connectivity index (χ0n) is 8.94. The van der Waals surface area contributed by atoms with Crippen molar-refractivity contribution in [1.82, 2.24) is 25.9 Å². The van der Waals surface area contributed by atoms with E-state index in [0.29, 0.717) is 5.82 Å². The summed E-state index contributed by atoms with van der Waals surface area (Å²) in [5.74, 6) is 0.662. The summed E-state index contributed by atoms with van der Waals surface area (Å²) in [6.07, 6.45) is 0. The minimum atomic E-state index is 0.0506. The maximum Gasteiger partial charge on any atom is 0.191 e. The summed E-state index contributed by atoms with van der Waals surface area (Å²) in [6.45, 7) is 4.08. The second-order valence-corrected chi connectivity index (χ2v) is 5.27. The molecule has 7 heteroatoms. The molecule has 86 valence electrons. The number of aromatic nitrogens is 4. The summed E-state index contributed by atoms with van der Waals surface area (Å²) in [7, 11) is 0. The van der Waals surface area contributed by atoms with E-state index in [1.165, 1.54) is 4.88 Å². The first-order valence-corrected chi connectivity index (χ1v) is 6.11. The Kier molecular flexibility index (Phi) is 3.52. The lowest BCUT2D eigenvalue weighted by atomic mass is 10.2. The fraction of sp³-hybridized carbons (Fsp3) is 0.444. The predicted octanol–water partition coefficient (Wildman–Crippen LogP) is 2.33. The van der Waals surface area contributed by atoms with Gasteiger partial charge in [-0.25, -0.2) is 0 Å². The van der Waals surface area contributed by atoms with Crippen LogP contribution in [0.1, 0.15) is 36.6 Å². The number of rotatable bonds is 4. The SMILES string of the molecule is CC(NC(C)c1ccc(Cl)s1)c1nn[nH]n1. The molecule has 2 aromatic rings. The number of aromatic amines is 1. The molecule has 0 aliphatic heterocycles. The highest BCUT2D eigenvalue weighted by molar-refractivity contribution is 7.16. The number of nitrogens with zero attached hydrogens (tertiary/aromatic N) is 3. The lowest BCUT2D eigenvalue weighted by molar-refractivity contribution is 0.481. The number of halogens is 1. The number of thiophene rings is 1. The third-order valence-corrected chi connectivity index (χ3v) is 3.68. The molecule has 0 spiro atoms. The third kappa shape index (κ3) is 2.58. The van der Waals surface area contributed by atoms with E-state index in [1.807, 2.05) is 19.1 Å². The van der Waals surface area contributed by atoms with Crippen molar-refractivity contribution in [3.63, 3.8) is 0 Å². The van der Waals surface area contributed by atoms with Crippen molar-refractivity contribution in [1.29, 1.82) is 0 Å². The van der Waals surface area contributed by atoms with E-state index in [4.69, 9.17) is 11.6 Å². The van der Waals surface area contributed by atoms with Gasteiger partial charge in [0, 0.05) is 10.9 Å². The lowest BCUT2D eigenvalue weighted by Crippen LogP contribution is -2.22. The normalized spacial score (nSPS) is 14.9. The molecule has 0 radical (unpaired) electrons. The van der Waals surface area contributed by atoms with Crippen molar-refractivity contribution >= 4 is 22.9 Å². The maximum absolute atomic E-state index is 5.89. The first kappa shape index (κ1) is 11.5. The van der Waals surface area contributed by atoms with Gasteiger partial charge in [0.1, 0.15) is 0 Å². The maximum atomic E-state index is 5.89. The van der Waals surface area contributed by atoms with Crippen LogP contribution in [0, 0.1) is 0 Å². The summed E-state index contributed by atoms with van der Waals surface area (Å²) in [5.41, 5.74) is 0. The van der Waals surface area contributed by atoms with Crippen LogP contribution in [0.25, 0.3) is 0 Å². The molecule has 0 saturated heterocycles. The van der Waals surface area contributed by atoms with Crippen molar-refractivity contribution in [3.05, 3.63) is 27.2 Å². The highest BCUT2D eigenvalue weighted by Gasteiger charge is 2.15. The molecular formula is C9H12ClN5S. The third-order valence-electron chi connectivity index (χ3n) is 2.27. The Bertz CT molecular complexity index is 440. The van der Waals surface area contributed by atoms with Crippen molar-refractivity contribution in [3.8, 4) is 0 Å². The minimum absolute atomic E-state index is 0.0506. The summed E-state index contributed by atoms with van der Waals surface area (Å²) in [6, 6.07) is 4.19. The quantitative estimate of drug-likeness (QED) is 0.882. The molecule has 0 amide bonds. The fourth-order valence-corrected chi connectivity index (χ4v) is 2.52. The van der Waals surface area contributed by atoms with Gasteiger partial charge in [0.05, 0.1) is 10.4 Å². The molecule has 2 heterocycles. The van der Waals surface area contributed by atoms with Gasteiger partial charge in [0.15, 0.2) is 5.82 Å². The van der Waals surface area contributed by atoms with Crippen LogP contribution >= 0.6 is 22.9 Å². The number of nitrogens with one attached hydrogen (secondary N) is 2. The van der Waals surface area contributed by atoms with E-state index in [0.717, 1.165) is 4.34 Å². The number of H-pyrrole nitrogens is 1. The van der Waals surface area contributed by atoms with Crippen LogP contribution in [0.3, 0.4) is 0 Å². The fourth-order valence-electron chi connectivity index (χ4n) is 1.45. The topological polar surface area (TPSA) is 66.5 Å². The molecule has 2 N–H and O–H groups in total. The van der Waals surface area contributed by atoms with E-state index in [1.54, 1.807) is 11.3 Å². The van der Waals surface area contributed by atoms with Gasteiger partial charge in [-0.05, 0) is 26.0 Å². The first-order valence-electron chi connectivity index (χ1n) is 4.91. The number of tetrazole rings is 1. The average Bonchev–Trinajstić information content (AvgIpc) is 2.87. The monoisotopic (exact) mass is 257 g/mol. The summed E-state index contributed by atoms with van der Waals surface area (Å²) in [5, 5.41) is 17.2. The molecular weight excluding hydrogens is 246 g/mol. The number of hydrogen-bond acceptors (Lipinski definition) is 5. The van der Waals surface area contributed by atoms with Gasteiger partial charge in [-0.3, -0.25) is 5.32 Å². The smallest absolute Gasteiger partial charge is 0.191 e. The molecule has 2 atom stereocenters. The van der Waals surface area contributed by atoms with Crippen LogP contribution in [0.4, 0.5) is 0 Å². The van der Waals surface area contributed by atoms with Crippen LogP contribution in [0.2, 0.25) is 4.34 Å². The van der Waals surface area contributed by atoms with Crippen LogP contribution in [0.15, 0.2) is 12.1 Å². The van der Waals surface area contributed by atoms with E-state index >= 15 is 0 Å². The van der Waals surface area contributed by atoms with Gasteiger partial charge in [-0.1, -0.05) is 16.8 Å². The Morgan fingerprint density at radius 2 is 2.19 bits per heavy atom. The summed E-state index contributed by atoms with van der Waals surface area (Å²) < 4.78 is 0.802. The largest absolute Gasteiger partial charge is 0.300 e. The van der Waals surface area contributed by atoms with Crippen LogP contribution in [-0.4, -0.2) is 20.6 Å². The molecule has 2 rings (SSSR count). The van der Waals surface area contributed by atoms with Crippen LogP contribution in [-0.2, 0) is 0 Å². The molecule has 16 heavy (non-hydrogen) atoms. The zero-order chi connectivity index (χ0) is 11.5. The molecule has 0 saturated carbocycles. The van der Waals surface area contributed by atoms with Crippen LogP contribution in [0.5, 0.6) is 0 Å². The molecule has 2 unspecified atom stereocenters. The Balaban J connectivity index is 2.00. The Morgan fingerprint density at radius 3 is 2.75 bits per heavy atom. The lowest BCUT2D eigenvalue weighted by Gasteiger charge is -2.15. The Hall–Kier alpha value is -0.980. The number of hydrogen-bond donors (Lipinski definition) is 2. The minimum Gasteiger partial charge on any atom is -0.300 e. The highest BCUT2D eigenvalue weighted by atomic mass is 35.5. The summed E-state index contributed by atoms with van der Waals surface area (Å²) in [4.78, 5) is 1.19. The van der Waals surface area contributed by atoms with Crippen molar-refractivity contribution in [2.75, 3.05) is 0 Å². The van der Waals surface area contributed by atoms with E-state index in [9.17, 15) is 0 Å². The Labute approximate surface area is 102 Å². The molecule has 2 aromatic heterocycles. The standard InChI is InChI=1S/C9H12ClN5S/c1-5(7-3-4-8(10)16-7)11-6(2)9-12-14-15-13-9/h3-6,11H,1-2H3,(H,12,13,14,15). The van der Waals surface area contributed by atoms with Crippen molar-refractivity contribution < 1.29 is 0 Å². The van der Waals surface area contributed by atoms with Crippen molar-refractivity contribution in [2.24, 2.45) is 0 Å². The Morgan fingerprint density at radius 1 is 1.38 bits per heavy atom. The molecule has 5 nitrogen and oxygen atoms in total. The highest BCUT2D eigenvalue weighted by Crippen LogP contribution is 2.27. The predicted molar refractivity (Wildman–Crippen MR) is 63.5 cm³/mol. The summed E-state index contributed by atoms with van der Waals surface area (Å²) >= 11 is 7.47. The van der Waals surface area contributed by atoms with Gasteiger partial charge < -0.3 is 0 Å². The van der Waals surface area contributed by atoms with Gasteiger partial charge >= 0.3 is 0 Å². The van der Waals surface area contributed by atoms with Gasteiger partial charge in [-0.2, -0.15) is 5.21 Å². The van der Waals surface area contributed by atoms with Gasteiger partial charge in [0.25, 0.3) is 0 Å². The van der Waals surface area contributed by atoms with Gasteiger partial charge in [-0.15, -0.1) is 21.5 Å². The first-order chi connectivity index (χ1) is 7.66. The molecule has 0 bridgehead atoms. The average molecular weight is 258 g/mol. The second-order valence-electron chi connectivity index (χ2n) is 3.52. The van der Waals surface area contributed by atoms with E-state index in [-0.39, 0.29) is 12.1 Å². The van der Waals surface area contributed by atoms with Crippen molar-refractivity contribution in [2.45, 2.75) is 25.9 Å². The van der Waals surface area contributed by atoms with Gasteiger partial charge in [0.2, 0.25) is 0 Å². The molecule has 0 aromatic carbocycles. The second kappa shape index (κ2) is 4.90. The van der Waals surface area contributed by atoms with E-state index < -0.39 is 0 Å². The molecule has 0 aliphatic carbocycles. The molecule has 0 fully saturated rings. The zero-order valence-corrected chi connectivity index (χ0v) is 10.5. The van der Waals surface area contributed by atoms with Crippen LogP contribution < -0.4 is 5.32 Å². The van der Waals surface area contributed by atoms with E-state index in [2.05, 4.69) is 32.9 Å².